The lowest BCUT2D eigenvalue weighted by Crippen LogP contribution is -2.43. The van der Waals surface area contributed by atoms with Gasteiger partial charge in [0, 0.05) is 37.3 Å². The molecular weight excluding hydrogens is 238 g/mol. The van der Waals surface area contributed by atoms with Crippen LogP contribution in [0.1, 0.15) is 26.7 Å². The zero-order chi connectivity index (χ0) is 13.5. The molecule has 0 saturated carbocycles. The standard InChI is InChI=1S/C15H21N3O/c1-15(2,3)14-17-12-10-11(4-5-13(12)19-14)18-8-6-16-7-9-18/h4-5,10,16H,6-9H2,1-3H3. The minimum atomic E-state index is -0.0474. The Hall–Kier alpha value is -1.55. The molecule has 2 aromatic rings. The van der Waals surface area contributed by atoms with Crippen LogP contribution in [0.4, 0.5) is 5.69 Å². The fraction of sp³-hybridized carbons (Fsp3) is 0.533. The van der Waals surface area contributed by atoms with Crippen molar-refractivity contribution in [3.63, 3.8) is 0 Å². The SMILES string of the molecule is CC(C)(C)c1nc2cc(N3CCNCC3)ccc2o1. The lowest BCUT2D eigenvalue weighted by Gasteiger charge is -2.29. The fourth-order valence-electron chi connectivity index (χ4n) is 2.36. The molecule has 2 heterocycles. The molecule has 0 amide bonds. The topological polar surface area (TPSA) is 41.3 Å². The van der Waals surface area contributed by atoms with Gasteiger partial charge >= 0.3 is 0 Å². The molecule has 1 aromatic carbocycles. The lowest BCUT2D eigenvalue weighted by molar-refractivity contribution is 0.411. The van der Waals surface area contributed by atoms with Gasteiger partial charge in [-0.15, -0.1) is 0 Å². The molecule has 0 aliphatic carbocycles. The Bertz CT molecular complexity index is 577. The van der Waals surface area contributed by atoms with Gasteiger partial charge in [0.2, 0.25) is 5.89 Å². The summed E-state index contributed by atoms with van der Waals surface area (Å²) in [4.78, 5) is 7.02. The molecule has 0 spiro atoms. The van der Waals surface area contributed by atoms with Gasteiger partial charge in [0.1, 0.15) is 5.52 Å². The van der Waals surface area contributed by atoms with E-state index in [9.17, 15) is 0 Å². The van der Waals surface area contributed by atoms with Crippen molar-refractivity contribution in [3.8, 4) is 0 Å². The van der Waals surface area contributed by atoms with Gasteiger partial charge in [-0.2, -0.15) is 0 Å². The monoisotopic (exact) mass is 259 g/mol. The third-order valence-corrected chi connectivity index (χ3v) is 3.49. The largest absolute Gasteiger partial charge is 0.440 e. The number of aromatic nitrogens is 1. The van der Waals surface area contributed by atoms with Crippen molar-refractivity contribution in [3.05, 3.63) is 24.1 Å². The van der Waals surface area contributed by atoms with E-state index >= 15 is 0 Å². The highest BCUT2D eigenvalue weighted by molar-refractivity contribution is 5.77. The van der Waals surface area contributed by atoms with Crippen LogP contribution in [0.3, 0.4) is 0 Å². The number of rotatable bonds is 1. The molecule has 102 valence electrons. The molecule has 1 aromatic heterocycles. The summed E-state index contributed by atoms with van der Waals surface area (Å²) >= 11 is 0. The van der Waals surface area contributed by atoms with Gasteiger partial charge < -0.3 is 14.6 Å². The second-order valence-corrected chi connectivity index (χ2v) is 6.16. The van der Waals surface area contributed by atoms with Crippen molar-refractivity contribution < 1.29 is 4.42 Å². The van der Waals surface area contributed by atoms with Crippen LogP contribution in [0.15, 0.2) is 22.6 Å². The van der Waals surface area contributed by atoms with Crippen LogP contribution in [0.2, 0.25) is 0 Å². The molecule has 3 rings (SSSR count). The molecule has 1 aliphatic heterocycles. The zero-order valence-corrected chi connectivity index (χ0v) is 11.9. The quantitative estimate of drug-likeness (QED) is 0.854. The van der Waals surface area contributed by atoms with Crippen LogP contribution >= 0.6 is 0 Å². The van der Waals surface area contributed by atoms with Crippen LogP contribution in [0.5, 0.6) is 0 Å². The second kappa shape index (κ2) is 4.53. The maximum Gasteiger partial charge on any atom is 0.200 e. The summed E-state index contributed by atoms with van der Waals surface area (Å²) in [5.74, 6) is 0.806. The fourth-order valence-corrected chi connectivity index (χ4v) is 2.36. The third kappa shape index (κ3) is 2.45. The van der Waals surface area contributed by atoms with Crippen LogP contribution in [0.25, 0.3) is 11.1 Å². The van der Waals surface area contributed by atoms with Crippen molar-refractivity contribution in [2.75, 3.05) is 31.1 Å². The summed E-state index contributed by atoms with van der Waals surface area (Å²) < 4.78 is 5.83. The number of hydrogen-bond acceptors (Lipinski definition) is 4. The van der Waals surface area contributed by atoms with E-state index in [1.165, 1.54) is 5.69 Å². The Morgan fingerprint density at radius 3 is 2.63 bits per heavy atom. The van der Waals surface area contributed by atoms with Crippen molar-refractivity contribution in [1.82, 2.24) is 10.3 Å². The van der Waals surface area contributed by atoms with Crippen LogP contribution in [-0.2, 0) is 5.41 Å². The number of nitrogens with one attached hydrogen (secondary N) is 1. The Balaban J connectivity index is 1.96. The minimum Gasteiger partial charge on any atom is -0.440 e. The van der Waals surface area contributed by atoms with E-state index in [2.05, 4.69) is 48.1 Å². The first kappa shape index (κ1) is 12.5. The highest BCUT2D eigenvalue weighted by atomic mass is 16.3. The van der Waals surface area contributed by atoms with Crippen molar-refractivity contribution >= 4 is 16.8 Å². The van der Waals surface area contributed by atoms with E-state index in [-0.39, 0.29) is 5.41 Å². The lowest BCUT2D eigenvalue weighted by atomic mass is 9.97. The van der Waals surface area contributed by atoms with E-state index in [4.69, 9.17) is 4.42 Å². The molecule has 1 N–H and O–H groups in total. The summed E-state index contributed by atoms with van der Waals surface area (Å²) in [6.07, 6.45) is 0. The van der Waals surface area contributed by atoms with Crippen LogP contribution < -0.4 is 10.2 Å². The average molecular weight is 259 g/mol. The summed E-state index contributed by atoms with van der Waals surface area (Å²) in [5, 5.41) is 3.37. The molecule has 19 heavy (non-hydrogen) atoms. The van der Waals surface area contributed by atoms with Crippen molar-refractivity contribution in [2.45, 2.75) is 26.2 Å². The van der Waals surface area contributed by atoms with Crippen LogP contribution in [0, 0.1) is 0 Å². The van der Waals surface area contributed by atoms with Crippen LogP contribution in [-0.4, -0.2) is 31.2 Å². The van der Waals surface area contributed by atoms with E-state index in [0.29, 0.717) is 0 Å². The highest BCUT2D eigenvalue weighted by Gasteiger charge is 2.21. The summed E-state index contributed by atoms with van der Waals surface area (Å²) in [6, 6.07) is 6.31. The maximum atomic E-state index is 5.83. The number of fused-ring (bicyclic) bond motifs is 1. The smallest absolute Gasteiger partial charge is 0.200 e. The number of nitrogens with zero attached hydrogens (tertiary/aromatic N) is 2. The van der Waals surface area contributed by atoms with Crippen molar-refractivity contribution in [2.24, 2.45) is 0 Å². The first-order chi connectivity index (χ1) is 9.04. The molecule has 4 heteroatoms. The Kier molecular flexibility index (Phi) is 2.97. The predicted molar refractivity (Wildman–Crippen MR) is 77.8 cm³/mol. The van der Waals surface area contributed by atoms with Gasteiger partial charge in [0.05, 0.1) is 0 Å². The molecule has 0 unspecified atom stereocenters. The Labute approximate surface area is 113 Å². The summed E-state index contributed by atoms with van der Waals surface area (Å²) in [6.45, 7) is 10.6. The van der Waals surface area contributed by atoms with Gasteiger partial charge in [-0.3, -0.25) is 0 Å². The number of anilines is 1. The molecule has 0 atom stereocenters. The Morgan fingerprint density at radius 1 is 1.21 bits per heavy atom. The zero-order valence-electron chi connectivity index (χ0n) is 11.9. The first-order valence-corrected chi connectivity index (χ1v) is 6.91. The highest BCUT2D eigenvalue weighted by Crippen LogP contribution is 2.28. The molecular formula is C15H21N3O. The predicted octanol–water partition coefficient (Wildman–Crippen LogP) is 2.53. The molecule has 0 radical (unpaired) electrons. The summed E-state index contributed by atoms with van der Waals surface area (Å²) in [5.41, 5.74) is 3.03. The number of benzene rings is 1. The molecule has 1 saturated heterocycles. The van der Waals surface area contributed by atoms with Gasteiger partial charge in [0.25, 0.3) is 0 Å². The third-order valence-electron chi connectivity index (χ3n) is 3.49. The van der Waals surface area contributed by atoms with E-state index in [0.717, 1.165) is 43.2 Å². The normalized spacial score (nSPS) is 17.1. The van der Waals surface area contributed by atoms with E-state index in [1.807, 2.05) is 6.07 Å². The van der Waals surface area contributed by atoms with E-state index < -0.39 is 0 Å². The van der Waals surface area contributed by atoms with Gasteiger partial charge in [-0.05, 0) is 18.2 Å². The minimum absolute atomic E-state index is 0.0474. The average Bonchev–Trinajstić information content (AvgIpc) is 2.82. The summed E-state index contributed by atoms with van der Waals surface area (Å²) in [7, 11) is 0. The molecule has 4 nitrogen and oxygen atoms in total. The number of oxazole rings is 1. The molecule has 1 fully saturated rings. The number of hydrogen-bond donors (Lipinski definition) is 1. The molecule has 1 aliphatic rings. The first-order valence-electron chi connectivity index (χ1n) is 6.91. The van der Waals surface area contributed by atoms with Gasteiger partial charge in [-0.25, -0.2) is 4.98 Å². The van der Waals surface area contributed by atoms with E-state index in [1.54, 1.807) is 0 Å². The van der Waals surface area contributed by atoms with Crippen molar-refractivity contribution in [1.29, 1.82) is 0 Å². The van der Waals surface area contributed by atoms with Gasteiger partial charge in [-0.1, -0.05) is 20.8 Å². The maximum absolute atomic E-state index is 5.83. The number of piperazine rings is 1. The molecule has 0 bridgehead atoms. The Morgan fingerprint density at radius 2 is 1.95 bits per heavy atom. The second-order valence-electron chi connectivity index (χ2n) is 6.16. The van der Waals surface area contributed by atoms with Gasteiger partial charge in [0.15, 0.2) is 5.58 Å².